The lowest BCUT2D eigenvalue weighted by Crippen LogP contribution is -2.43. The molecule has 30 heavy (non-hydrogen) atoms. The predicted molar refractivity (Wildman–Crippen MR) is 108 cm³/mol. The van der Waals surface area contributed by atoms with Crippen LogP contribution < -0.4 is 5.63 Å². The van der Waals surface area contributed by atoms with E-state index in [2.05, 4.69) is 0 Å². The first kappa shape index (κ1) is 19.8. The lowest BCUT2D eigenvalue weighted by atomic mass is 10.1. The van der Waals surface area contributed by atoms with Gasteiger partial charge in [0.25, 0.3) is 11.8 Å². The molecule has 0 aliphatic carbocycles. The standard InChI is InChI=1S/C22H16ClNO6/c1-11-7-18-16(9-17(11)23)13(8-19(25)30-18)10-29-22(28)12(2)24-20(26)14-5-3-4-6-15(14)21(24)27/h3-9,12H,10H2,1-2H3. The van der Waals surface area contributed by atoms with Crippen LogP contribution in [-0.2, 0) is 16.1 Å². The zero-order valence-corrected chi connectivity index (χ0v) is 16.9. The van der Waals surface area contributed by atoms with Crippen molar-refractivity contribution in [2.24, 2.45) is 0 Å². The molecule has 1 aliphatic heterocycles. The highest BCUT2D eigenvalue weighted by atomic mass is 35.5. The van der Waals surface area contributed by atoms with E-state index in [0.717, 1.165) is 10.5 Å². The van der Waals surface area contributed by atoms with Crippen molar-refractivity contribution in [3.05, 3.63) is 80.2 Å². The number of nitrogens with zero attached hydrogens (tertiary/aromatic N) is 1. The zero-order valence-electron chi connectivity index (χ0n) is 16.1. The third-order valence-electron chi connectivity index (χ3n) is 5.03. The SMILES string of the molecule is Cc1cc2oc(=O)cc(COC(=O)C(C)N3C(=O)c4ccccc4C3=O)c2cc1Cl. The van der Waals surface area contributed by atoms with Gasteiger partial charge in [0.2, 0.25) is 0 Å². The van der Waals surface area contributed by atoms with Gasteiger partial charge in [-0.15, -0.1) is 0 Å². The highest BCUT2D eigenvalue weighted by Crippen LogP contribution is 2.27. The maximum Gasteiger partial charge on any atom is 0.336 e. The molecule has 152 valence electrons. The van der Waals surface area contributed by atoms with Crippen molar-refractivity contribution in [2.75, 3.05) is 0 Å². The van der Waals surface area contributed by atoms with Gasteiger partial charge in [-0.05, 0) is 43.7 Å². The summed E-state index contributed by atoms with van der Waals surface area (Å²) in [7, 11) is 0. The van der Waals surface area contributed by atoms with Crippen molar-refractivity contribution >= 4 is 40.4 Å². The number of imide groups is 1. The summed E-state index contributed by atoms with van der Waals surface area (Å²) >= 11 is 6.17. The minimum absolute atomic E-state index is 0.242. The van der Waals surface area contributed by atoms with Crippen LogP contribution in [0.1, 0.15) is 38.8 Å². The van der Waals surface area contributed by atoms with Crippen LogP contribution >= 0.6 is 11.6 Å². The molecule has 0 fully saturated rings. The Balaban J connectivity index is 1.56. The molecule has 0 bridgehead atoms. The van der Waals surface area contributed by atoms with E-state index in [9.17, 15) is 19.2 Å². The number of amides is 2. The summed E-state index contributed by atoms with van der Waals surface area (Å²) < 4.78 is 10.5. The van der Waals surface area contributed by atoms with Gasteiger partial charge in [-0.25, -0.2) is 9.59 Å². The van der Waals surface area contributed by atoms with Crippen LogP contribution in [-0.4, -0.2) is 28.7 Å². The van der Waals surface area contributed by atoms with Crippen molar-refractivity contribution in [1.82, 2.24) is 4.90 Å². The largest absolute Gasteiger partial charge is 0.459 e. The number of hydrogen-bond donors (Lipinski definition) is 0. The number of esters is 1. The molecule has 0 saturated heterocycles. The molecular weight excluding hydrogens is 410 g/mol. The lowest BCUT2D eigenvalue weighted by Gasteiger charge is -2.21. The zero-order chi connectivity index (χ0) is 21.6. The van der Waals surface area contributed by atoms with Gasteiger partial charge in [0, 0.05) is 22.0 Å². The number of carbonyl (C=O) groups excluding carboxylic acids is 3. The van der Waals surface area contributed by atoms with Crippen LogP contribution in [0.15, 0.2) is 51.7 Å². The molecule has 4 rings (SSSR count). The van der Waals surface area contributed by atoms with Gasteiger partial charge >= 0.3 is 11.6 Å². The van der Waals surface area contributed by atoms with Crippen LogP contribution in [0.3, 0.4) is 0 Å². The summed E-state index contributed by atoms with van der Waals surface area (Å²) in [6.07, 6.45) is 0. The first-order valence-electron chi connectivity index (χ1n) is 9.14. The Morgan fingerprint density at radius 2 is 1.73 bits per heavy atom. The van der Waals surface area contributed by atoms with Gasteiger partial charge in [-0.2, -0.15) is 0 Å². The van der Waals surface area contributed by atoms with E-state index < -0.39 is 29.5 Å². The fourth-order valence-electron chi connectivity index (χ4n) is 3.40. The molecule has 2 heterocycles. The van der Waals surface area contributed by atoms with Gasteiger partial charge in [-0.1, -0.05) is 23.7 Å². The van der Waals surface area contributed by atoms with Crippen molar-refractivity contribution in [1.29, 1.82) is 0 Å². The Bertz CT molecular complexity index is 1240. The molecule has 0 N–H and O–H groups in total. The van der Waals surface area contributed by atoms with Gasteiger partial charge in [0.1, 0.15) is 18.2 Å². The first-order chi connectivity index (χ1) is 14.3. The number of carbonyl (C=O) groups is 3. The Hall–Kier alpha value is -3.45. The topological polar surface area (TPSA) is 93.9 Å². The Labute approximate surface area is 175 Å². The van der Waals surface area contributed by atoms with E-state index in [-0.39, 0.29) is 17.7 Å². The molecule has 1 aliphatic rings. The Kier molecular flexibility index (Phi) is 4.91. The van der Waals surface area contributed by atoms with E-state index in [0.29, 0.717) is 21.6 Å². The molecule has 1 unspecified atom stereocenters. The van der Waals surface area contributed by atoms with Crippen molar-refractivity contribution in [2.45, 2.75) is 26.5 Å². The van der Waals surface area contributed by atoms with E-state index in [4.69, 9.17) is 20.8 Å². The number of benzene rings is 2. The molecule has 0 spiro atoms. The van der Waals surface area contributed by atoms with Gasteiger partial charge in [0.05, 0.1) is 11.1 Å². The molecule has 2 amide bonds. The number of rotatable bonds is 4. The van der Waals surface area contributed by atoms with Gasteiger partial charge < -0.3 is 9.15 Å². The molecule has 8 heteroatoms. The quantitative estimate of drug-likeness (QED) is 0.361. The molecule has 1 aromatic heterocycles. The minimum Gasteiger partial charge on any atom is -0.459 e. The summed E-state index contributed by atoms with van der Waals surface area (Å²) in [6, 6.07) is 9.72. The summed E-state index contributed by atoms with van der Waals surface area (Å²) in [5, 5.41) is 1.01. The van der Waals surface area contributed by atoms with E-state index >= 15 is 0 Å². The maximum absolute atomic E-state index is 12.6. The van der Waals surface area contributed by atoms with Crippen LogP contribution in [0.25, 0.3) is 11.0 Å². The average Bonchev–Trinajstić information content (AvgIpc) is 2.97. The second-order valence-electron chi connectivity index (χ2n) is 7.00. The maximum atomic E-state index is 12.6. The van der Waals surface area contributed by atoms with Crippen LogP contribution in [0.2, 0.25) is 5.02 Å². The minimum atomic E-state index is -1.13. The first-order valence-corrected chi connectivity index (χ1v) is 9.52. The van der Waals surface area contributed by atoms with Crippen LogP contribution in [0, 0.1) is 6.92 Å². The van der Waals surface area contributed by atoms with Crippen LogP contribution in [0.5, 0.6) is 0 Å². The monoisotopic (exact) mass is 425 g/mol. The third kappa shape index (κ3) is 3.27. The summed E-state index contributed by atoms with van der Waals surface area (Å²) in [5.41, 5.74) is 1.37. The molecule has 0 saturated carbocycles. The second kappa shape index (κ2) is 7.42. The number of ether oxygens (including phenoxy) is 1. The molecule has 2 aromatic carbocycles. The van der Waals surface area contributed by atoms with Gasteiger partial charge in [0.15, 0.2) is 0 Å². The Morgan fingerprint density at radius 1 is 1.10 bits per heavy atom. The van der Waals surface area contributed by atoms with Crippen molar-refractivity contribution in [3.63, 3.8) is 0 Å². The highest BCUT2D eigenvalue weighted by molar-refractivity contribution is 6.32. The number of hydrogen-bond acceptors (Lipinski definition) is 6. The summed E-state index contributed by atoms with van der Waals surface area (Å²) in [4.78, 5) is 50.4. The van der Waals surface area contributed by atoms with Gasteiger partial charge in [-0.3, -0.25) is 14.5 Å². The number of fused-ring (bicyclic) bond motifs is 2. The normalized spacial score (nSPS) is 14.2. The Morgan fingerprint density at radius 3 is 2.37 bits per heavy atom. The molecule has 3 aromatic rings. The third-order valence-corrected chi connectivity index (χ3v) is 5.44. The average molecular weight is 426 g/mol. The van der Waals surface area contributed by atoms with Crippen molar-refractivity contribution < 1.29 is 23.5 Å². The van der Waals surface area contributed by atoms with E-state index in [1.165, 1.54) is 25.1 Å². The second-order valence-corrected chi connectivity index (χ2v) is 7.41. The number of aryl methyl sites for hydroxylation is 1. The molecule has 1 atom stereocenters. The molecule has 7 nitrogen and oxygen atoms in total. The molecule has 0 radical (unpaired) electrons. The van der Waals surface area contributed by atoms with E-state index in [1.807, 2.05) is 0 Å². The lowest BCUT2D eigenvalue weighted by molar-refractivity contribution is -0.149. The van der Waals surface area contributed by atoms with Crippen LogP contribution in [0.4, 0.5) is 0 Å². The highest BCUT2D eigenvalue weighted by Gasteiger charge is 2.41. The summed E-state index contributed by atoms with van der Waals surface area (Å²) in [5.74, 6) is -1.87. The smallest absolute Gasteiger partial charge is 0.336 e. The predicted octanol–water partition coefficient (Wildman–Crippen LogP) is 3.48. The van der Waals surface area contributed by atoms with E-state index in [1.54, 1.807) is 31.2 Å². The number of halogens is 1. The molecular formula is C22H16ClNO6. The fourth-order valence-corrected chi connectivity index (χ4v) is 3.57. The summed E-state index contributed by atoms with van der Waals surface area (Å²) in [6.45, 7) is 2.95. The van der Waals surface area contributed by atoms with Crippen molar-refractivity contribution in [3.8, 4) is 0 Å². The fraction of sp³-hybridized carbons (Fsp3) is 0.182.